The molecule has 0 unspecified atom stereocenters. The molecule has 1 aliphatic carbocycles. The molecule has 0 aromatic heterocycles. The number of carbonyl (C=O) groups is 1. The van der Waals surface area contributed by atoms with E-state index < -0.39 is 5.41 Å². The van der Waals surface area contributed by atoms with Gasteiger partial charge in [-0.3, -0.25) is 4.79 Å². The molecule has 0 saturated heterocycles. The van der Waals surface area contributed by atoms with Crippen molar-refractivity contribution in [1.29, 1.82) is 0 Å². The zero-order valence-electron chi connectivity index (χ0n) is 16.4. The fraction of sp³-hybridized carbons (Fsp3) is 0.435. The van der Waals surface area contributed by atoms with Crippen LogP contribution in [0.4, 0.5) is 0 Å². The average Bonchev–Trinajstić information content (AvgIpc) is 3.28. The number of amides is 1. The smallest absolute Gasteiger partial charge is 0.230 e. The number of carbonyl (C=O) groups excluding carboxylic acids is 1. The molecule has 1 N–H and O–H groups in total. The Labute approximate surface area is 170 Å². The van der Waals surface area contributed by atoms with Crippen molar-refractivity contribution < 1.29 is 23.7 Å². The van der Waals surface area contributed by atoms with Gasteiger partial charge in [0, 0.05) is 6.54 Å². The van der Waals surface area contributed by atoms with Crippen LogP contribution in [0.15, 0.2) is 36.4 Å². The van der Waals surface area contributed by atoms with E-state index in [0.717, 1.165) is 59.8 Å². The second-order valence-corrected chi connectivity index (χ2v) is 7.81. The Morgan fingerprint density at radius 2 is 1.38 bits per heavy atom. The number of nitrogens with one attached hydrogen (secondary N) is 1. The first-order valence-electron chi connectivity index (χ1n) is 10.3. The van der Waals surface area contributed by atoms with Crippen molar-refractivity contribution in [2.75, 3.05) is 26.4 Å². The molecular weight excluding hydrogens is 370 g/mol. The molecule has 29 heavy (non-hydrogen) atoms. The molecule has 2 aliphatic heterocycles. The van der Waals surface area contributed by atoms with Crippen molar-refractivity contribution >= 4 is 5.91 Å². The summed E-state index contributed by atoms with van der Waals surface area (Å²) in [6.07, 6.45) is 3.79. The minimum Gasteiger partial charge on any atom is -0.486 e. The molecule has 1 fully saturated rings. The van der Waals surface area contributed by atoms with Gasteiger partial charge in [-0.15, -0.1) is 0 Å². The van der Waals surface area contributed by atoms with Gasteiger partial charge in [-0.2, -0.15) is 0 Å². The molecule has 1 saturated carbocycles. The van der Waals surface area contributed by atoms with Crippen molar-refractivity contribution in [3.8, 4) is 23.0 Å². The summed E-state index contributed by atoms with van der Waals surface area (Å²) in [5.41, 5.74) is 1.50. The number of benzene rings is 2. The maximum atomic E-state index is 13.4. The van der Waals surface area contributed by atoms with E-state index in [1.54, 1.807) is 0 Å². The van der Waals surface area contributed by atoms with Crippen molar-refractivity contribution in [2.24, 2.45) is 0 Å². The van der Waals surface area contributed by atoms with Crippen LogP contribution in [0.1, 0.15) is 36.8 Å². The molecule has 0 spiro atoms. The average molecular weight is 395 g/mol. The quantitative estimate of drug-likeness (QED) is 0.860. The van der Waals surface area contributed by atoms with Gasteiger partial charge in [-0.1, -0.05) is 25.0 Å². The van der Waals surface area contributed by atoms with Gasteiger partial charge in [-0.25, -0.2) is 0 Å². The van der Waals surface area contributed by atoms with Crippen LogP contribution in [0.25, 0.3) is 0 Å². The molecule has 2 aromatic carbocycles. The van der Waals surface area contributed by atoms with Crippen LogP contribution in [0.3, 0.4) is 0 Å². The molecule has 0 radical (unpaired) electrons. The van der Waals surface area contributed by atoms with E-state index in [4.69, 9.17) is 18.9 Å². The van der Waals surface area contributed by atoms with E-state index in [9.17, 15) is 4.79 Å². The van der Waals surface area contributed by atoms with Gasteiger partial charge >= 0.3 is 0 Å². The predicted octanol–water partition coefficient (Wildman–Crippen LogP) is 3.36. The lowest BCUT2D eigenvalue weighted by molar-refractivity contribution is -0.126. The maximum Gasteiger partial charge on any atom is 0.230 e. The van der Waals surface area contributed by atoms with Gasteiger partial charge in [0.15, 0.2) is 23.0 Å². The minimum absolute atomic E-state index is 0.0709. The summed E-state index contributed by atoms with van der Waals surface area (Å²) in [6, 6.07) is 11.8. The maximum absolute atomic E-state index is 13.4. The molecule has 0 atom stereocenters. The van der Waals surface area contributed by atoms with Gasteiger partial charge in [0.1, 0.15) is 26.4 Å². The van der Waals surface area contributed by atoms with Gasteiger partial charge in [0.2, 0.25) is 5.91 Å². The number of hydrogen-bond acceptors (Lipinski definition) is 5. The lowest BCUT2D eigenvalue weighted by Gasteiger charge is -2.30. The van der Waals surface area contributed by atoms with E-state index in [0.29, 0.717) is 33.0 Å². The highest BCUT2D eigenvalue weighted by Gasteiger charge is 2.43. The molecule has 1 amide bonds. The topological polar surface area (TPSA) is 66.0 Å². The molecule has 6 heteroatoms. The first-order chi connectivity index (χ1) is 14.2. The number of rotatable bonds is 4. The molecule has 2 heterocycles. The van der Waals surface area contributed by atoms with Gasteiger partial charge in [-0.05, 0) is 48.2 Å². The number of ether oxygens (including phenoxy) is 4. The van der Waals surface area contributed by atoms with E-state index in [-0.39, 0.29) is 5.91 Å². The Morgan fingerprint density at radius 3 is 2.07 bits per heavy atom. The first kappa shape index (κ1) is 18.2. The van der Waals surface area contributed by atoms with E-state index >= 15 is 0 Å². The van der Waals surface area contributed by atoms with Crippen LogP contribution >= 0.6 is 0 Å². The Bertz CT molecular complexity index is 919. The van der Waals surface area contributed by atoms with Crippen LogP contribution in [-0.2, 0) is 16.8 Å². The minimum atomic E-state index is -0.510. The zero-order chi connectivity index (χ0) is 19.7. The molecule has 3 aliphatic rings. The van der Waals surface area contributed by atoms with Crippen molar-refractivity contribution in [3.63, 3.8) is 0 Å². The predicted molar refractivity (Wildman–Crippen MR) is 107 cm³/mol. The fourth-order valence-electron chi connectivity index (χ4n) is 4.52. The van der Waals surface area contributed by atoms with Gasteiger partial charge in [0.05, 0.1) is 5.41 Å². The fourth-order valence-corrected chi connectivity index (χ4v) is 4.52. The third-order valence-electron chi connectivity index (χ3n) is 6.05. The lowest BCUT2D eigenvalue weighted by Crippen LogP contribution is -2.42. The van der Waals surface area contributed by atoms with Gasteiger partial charge < -0.3 is 24.3 Å². The number of hydrogen-bond donors (Lipinski definition) is 1. The van der Waals surface area contributed by atoms with Crippen LogP contribution in [-0.4, -0.2) is 32.3 Å². The summed E-state index contributed by atoms with van der Waals surface area (Å²) in [7, 11) is 0. The van der Waals surface area contributed by atoms with Crippen LogP contribution in [0.5, 0.6) is 23.0 Å². The lowest BCUT2D eigenvalue weighted by atomic mass is 9.77. The third kappa shape index (κ3) is 3.37. The van der Waals surface area contributed by atoms with E-state index in [2.05, 4.69) is 5.32 Å². The number of fused-ring (bicyclic) bond motifs is 2. The highest BCUT2D eigenvalue weighted by Crippen LogP contribution is 2.44. The van der Waals surface area contributed by atoms with E-state index in [1.165, 1.54) is 0 Å². The highest BCUT2D eigenvalue weighted by atomic mass is 16.6. The third-order valence-corrected chi connectivity index (χ3v) is 6.05. The summed E-state index contributed by atoms with van der Waals surface area (Å²) < 4.78 is 22.6. The Morgan fingerprint density at radius 1 is 0.793 bits per heavy atom. The summed E-state index contributed by atoms with van der Waals surface area (Å²) in [4.78, 5) is 13.4. The van der Waals surface area contributed by atoms with Crippen molar-refractivity contribution in [2.45, 2.75) is 37.6 Å². The molecule has 6 nitrogen and oxygen atoms in total. The zero-order valence-corrected chi connectivity index (χ0v) is 16.4. The summed E-state index contributed by atoms with van der Waals surface area (Å²) in [5.74, 6) is 3.06. The van der Waals surface area contributed by atoms with Crippen LogP contribution < -0.4 is 24.3 Å². The molecule has 152 valence electrons. The molecule has 5 rings (SSSR count). The molecule has 0 bridgehead atoms. The monoisotopic (exact) mass is 395 g/mol. The highest BCUT2D eigenvalue weighted by molar-refractivity contribution is 5.88. The van der Waals surface area contributed by atoms with Crippen LogP contribution in [0.2, 0.25) is 0 Å². The Kier molecular flexibility index (Phi) is 4.70. The summed E-state index contributed by atoms with van der Waals surface area (Å²) >= 11 is 0. The largest absolute Gasteiger partial charge is 0.486 e. The van der Waals surface area contributed by atoms with E-state index in [1.807, 2.05) is 36.4 Å². The van der Waals surface area contributed by atoms with Gasteiger partial charge in [0.25, 0.3) is 0 Å². The Balaban J connectivity index is 1.35. The second-order valence-electron chi connectivity index (χ2n) is 7.81. The molecular formula is C23H25NO5. The first-order valence-corrected chi connectivity index (χ1v) is 10.3. The van der Waals surface area contributed by atoms with Crippen molar-refractivity contribution in [3.05, 3.63) is 47.5 Å². The molecule has 2 aromatic rings. The normalized spacial score (nSPS) is 18.9. The summed E-state index contributed by atoms with van der Waals surface area (Å²) in [5, 5.41) is 3.16. The standard InChI is InChI=1S/C23H25NO5/c25-22(24-15-16-3-5-18-20(13-16)28-11-9-26-18)23(7-1-2-8-23)17-4-6-19-21(14-17)29-12-10-27-19/h3-6,13-14H,1-2,7-12,15H2,(H,24,25). The van der Waals surface area contributed by atoms with Crippen LogP contribution in [0, 0.1) is 0 Å². The Hall–Kier alpha value is -2.89. The van der Waals surface area contributed by atoms with Crippen molar-refractivity contribution in [1.82, 2.24) is 5.32 Å². The SMILES string of the molecule is O=C(NCc1ccc2c(c1)OCCO2)C1(c2ccc3c(c2)OCCO3)CCCC1. The second kappa shape index (κ2) is 7.50. The summed E-state index contributed by atoms with van der Waals surface area (Å²) in [6.45, 7) is 2.69.